The van der Waals surface area contributed by atoms with Crippen LogP contribution in [0.4, 0.5) is 4.39 Å². The van der Waals surface area contributed by atoms with E-state index >= 15 is 0 Å². The Bertz CT molecular complexity index is 606. The number of hydrogen-bond acceptors (Lipinski definition) is 2. The molecule has 22 heavy (non-hydrogen) atoms. The first-order chi connectivity index (χ1) is 10.8. The van der Waals surface area contributed by atoms with Gasteiger partial charge in [-0.05, 0) is 67.7 Å². The normalized spacial score (nSPS) is 15.9. The molecule has 3 heteroatoms. The second-order valence-corrected chi connectivity index (χ2v) is 5.90. The van der Waals surface area contributed by atoms with Crippen molar-refractivity contribution in [2.24, 2.45) is 0 Å². The van der Waals surface area contributed by atoms with Crippen LogP contribution in [0.2, 0.25) is 0 Å². The molecule has 1 saturated heterocycles. The summed E-state index contributed by atoms with van der Waals surface area (Å²) in [5, 5.41) is 7.03. The summed E-state index contributed by atoms with van der Waals surface area (Å²) in [7, 11) is 0. The molecule has 0 bridgehead atoms. The van der Waals surface area contributed by atoms with Crippen molar-refractivity contribution in [1.82, 2.24) is 10.6 Å². The summed E-state index contributed by atoms with van der Waals surface area (Å²) in [5.74, 6) is -0.180. The van der Waals surface area contributed by atoms with Gasteiger partial charge in [0, 0.05) is 6.04 Å². The van der Waals surface area contributed by atoms with Crippen molar-refractivity contribution in [3.8, 4) is 11.1 Å². The molecule has 0 amide bonds. The van der Waals surface area contributed by atoms with E-state index in [9.17, 15) is 4.39 Å². The molecular weight excluding hydrogens is 275 g/mol. The summed E-state index contributed by atoms with van der Waals surface area (Å²) in [6.07, 6.45) is 3.37. The molecule has 3 rings (SSSR count). The van der Waals surface area contributed by atoms with Crippen LogP contribution in [0.5, 0.6) is 0 Å². The molecule has 116 valence electrons. The van der Waals surface area contributed by atoms with Crippen LogP contribution in [-0.4, -0.2) is 25.7 Å². The van der Waals surface area contributed by atoms with Crippen LogP contribution < -0.4 is 10.6 Å². The Balaban J connectivity index is 1.66. The molecule has 0 spiro atoms. The molecule has 2 aromatic rings. The second-order valence-electron chi connectivity index (χ2n) is 5.90. The number of benzene rings is 2. The van der Waals surface area contributed by atoms with Crippen molar-refractivity contribution in [1.29, 1.82) is 0 Å². The lowest BCUT2D eigenvalue weighted by atomic mass is 9.97. The second kappa shape index (κ2) is 7.52. The first-order valence-corrected chi connectivity index (χ1v) is 8.11. The third-order valence-electron chi connectivity index (χ3n) is 4.32. The third kappa shape index (κ3) is 3.93. The molecule has 0 aromatic heterocycles. The van der Waals surface area contributed by atoms with E-state index in [1.807, 2.05) is 12.1 Å². The molecule has 2 nitrogen and oxygen atoms in total. The molecule has 1 aliphatic rings. The van der Waals surface area contributed by atoms with Crippen LogP contribution in [0.3, 0.4) is 0 Å². The largest absolute Gasteiger partial charge is 0.317 e. The van der Waals surface area contributed by atoms with Gasteiger partial charge in [0.05, 0.1) is 0 Å². The molecule has 0 saturated carbocycles. The van der Waals surface area contributed by atoms with Crippen molar-refractivity contribution in [3.63, 3.8) is 0 Å². The highest BCUT2D eigenvalue weighted by Gasteiger charge is 2.12. The highest BCUT2D eigenvalue weighted by atomic mass is 19.1. The monoisotopic (exact) mass is 298 g/mol. The van der Waals surface area contributed by atoms with Gasteiger partial charge in [0.2, 0.25) is 0 Å². The van der Waals surface area contributed by atoms with Crippen LogP contribution >= 0.6 is 0 Å². The van der Waals surface area contributed by atoms with Crippen LogP contribution in [0.1, 0.15) is 18.4 Å². The maximum Gasteiger partial charge on any atom is 0.123 e. The van der Waals surface area contributed by atoms with Crippen molar-refractivity contribution in [2.45, 2.75) is 25.3 Å². The fraction of sp³-hybridized carbons (Fsp3) is 0.368. The molecule has 1 aliphatic heterocycles. The molecular formula is C19H23FN2. The lowest BCUT2D eigenvalue weighted by Crippen LogP contribution is -2.40. The zero-order chi connectivity index (χ0) is 15.2. The Hall–Kier alpha value is -1.71. The smallest absolute Gasteiger partial charge is 0.123 e. The molecule has 1 heterocycles. The number of piperidine rings is 1. The van der Waals surface area contributed by atoms with Crippen LogP contribution in [-0.2, 0) is 6.42 Å². The van der Waals surface area contributed by atoms with E-state index in [2.05, 4.69) is 28.8 Å². The predicted octanol–water partition coefficient (Wildman–Crippen LogP) is 3.38. The minimum absolute atomic E-state index is 0.180. The Morgan fingerprint density at radius 2 is 1.86 bits per heavy atom. The van der Waals surface area contributed by atoms with Crippen molar-refractivity contribution in [2.75, 3.05) is 19.6 Å². The van der Waals surface area contributed by atoms with Gasteiger partial charge in [-0.1, -0.05) is 36.4 Å². The third-order valence-corrected chi connectivity index (χ3v) is 4.32. The average molecular weight is 298 g/mol. The van der Waals surface area contributed by atoms with Gasteiger partial charge in [-0.25, -0.2) is 4.39 Å². The Kier molecular flexibility index (Phi) is 5.20. The van der Waals surface area contributed by atoms with Gasteiger partial charge in [-0.15, -0.1) is 0 Å². The van der Waals surface area contributed by atoms with Gasteiger partial charge < -0.3 is 10.6 Å². The molecule has 0 atom stereocenters. The van der Waals surface area contributed by atoms with Gasteiger partial charge in [0.25, 0.3) is 0 Å². The van der Waals surface area contributed by atoms with Crippen LogP contribution in [0.25, 0.3) is 11.1 Å². The number of nitrogens with one attached hydrogen (secondary N) is 2. The van der Waals surface area contributed by atoms with E-state index in [0.717, 1.165) is 37.2 Å². The van der Waals surface area contributed by atoms with E-state index in [1.165, 1.54) is 24.5 Å². The number of hydrogen-bond donors (Lipinski definition) is 2. The Labute approximate surface area is 131 Å². The van der Waals surface area contributed by atoms with Gasteiger partial charge >= 0.3 is 0 Å². The van der Waals surface area contributed by atoms with Crippen LogP contribution in [0, 0.1) is 5.82 Å². The van der Waals surface area contributed by atoms with Crippen LogP contribution in [0.15, 0.2) is 48.5 Å². The molecule has 1 fully saturated rings. The SMILES string of the molecule is Fc1cccc(-c2ccccc2CCNC2CCNCC2)c1. The number of rotatable bonds is 5. The maximum atomic E-state index is 13.5. The maximum absolute atomic E-state index is 13.5. The minimum Gasteiger partial charge on any atom is -0.317 e. The molecule has 2 aromatic carbocycles. The standard InChI is InChI=1S/C19H23FN2/c20-17-6-3-5-16(14-17)19-7-2-1-4-15(19)8-13-22-18-9-11-21-12-10-18/h1-7,14,18,21-22H,8-13H2. The Morgan fingerprint density at radius 3 is 2.68 bits per heavy atom. The fourth-order valence-corrected chi connectivity index (χ4v) is 3.11. The van der Waals surface area contributed by atoms with E-state index in [4.69, 9.17) is 0 Å². The summed E-state index contributed by atoms with van der Waals surface area (Å²) in [5.41, 5.74) is 3.36. The average Bonchev–Trinajstić information content (AvgIpc) is 2.56. The van der Waals surface area contributed by atoms with Gasteiger partial charge in [-0.3, -0.25) is 0 Å². The summed E-state index contributed by atoms with van der Waals surface area (Å²) in [6.45, 7) is 3.19. The zero-order valence-electron chi connectivity index (χ0n) is 12.8. The molecule has 0 unspecified atom stereocenters. The van der Waals surface area contributed by atoms with E-state index in [1.54, 1.807) is 12.1 Å². The van der Waals surface area contributed by atoms with Crippen molar-refractivity contribution in [3.05, 3.63) is 59.9 Å². The van der Waals surface area contributed by atoms with Crippen molar-refractivity contribution < 1.29 is 4.39 Å². The summed E-state index contributed by atoms with van der Waals surface area (Å²) >= 11 is 0. The first-order valence-electron chi connectivity index (χ1n) is 8.11. The van der Waals surface area contributed by atoms with E-state index in [0.29, 0.717) is 6.04 Å². The highest BCUT2D eigenvalue weighted by Crippen LogP contribution is 2.24. The zero-order valence-corrected chi connectivity index (χ0v) is 12.8. The summed E-state index contributed by atoms with van der Waals surface area (Å²) in [4.78, 5) is 0. The molecule has 0 radical (unpaired) electrons. The lowest BCUT2D eigenvalue weighted by molar-refractivity contribution is 0.390. The minimum atomic E-state index is -0.180. The van der Waals surface area contributed by atoms with Gasteiger partial charge in [-0.2, -0.15) is 0 Å². The van der Waals surface area contributed by atoms with E-state index in [-0.39, 0.29) is 5.82 Å². The molecule has 0 aliphatic carbocycles. The summed E-state index contributed by atoms with van der Waals surface area (Å²) in [6, 6.07) is 15.8. The Morgan fingerprint density at radius 1 is 1.05 bits per heavy atom. The molecule has 2 N–H and O–H groups in total. The topological polar surface area (TPSA) is 24.1 Å². The van der Waals surface area contributed by atoms with Gasteiger partial charge in [0.1, 0.15) is 5.82 Å². The lowest BCUT2D eigenvalue weighted by Gasteiger charge is -2.24. The van der Waals surface area contributed by atoms with Gasteiger partial charge in [0.15, 0.2) is 0 Å². The summed E-state index contributed by atoms with van der Waals surface area (Å²) < 4.78 is 13.5. The van der Waals surface area contributed by atoms with E-state index < -0.39 is 0 Å². The predicted molar refractivity (Wildman–Crippen MR) is 89.4 cm³/mol. The fourth-order valence-electron chi connectivity index (χ4n) is 3.11. The van der Waals surface area contributed by atoms with Crippen molar-refractivity contribution >= 4 is 0 Å². The highest BCUT2D eigenvalue weighted by molar-refractivity contribution is 5.67. The quantitative estimate of drug-likeness (QED) is 0.884. The number of halogens is 1. The first kappa shape index (κ1) is 15.2.